The molecule has 0 aliphatic rings. The molecule has 1 unspecified atom stereocenters. The van der Waals surface area contributed by atoms with E-state index < -0.39 is 0 Å². The fourth-order valence-corrected chi connectivity index (χ4v) is 1.43. The third-order valence-corrected chi connectivity index (χ3v) is 2.53. The molecule has 0 saturated carbocycles. The van der Waals surface area contributed by atoms with E-state index in [0.29, 0.717) is 32.2 Å². The van der Waals surface area contributed by atoms with Crippen molar-refractivity contribution >= 4 is 5.97 Å². The van der Waals surface area contributed by atoms with Crippen molar-refractivity contribution in [2.75, 3.05) is 19.7 Å². The van der Waals surface area contributed by atoms with Crippen molar-refractivity contribution < 1.29 is 9.53 Å². The maximum Gasteiger partial charge on any atom is 0.307 e. The van der Waals surface area contributed by atoms with Crippen LogP contribution in [0.15, 0.2) is 0 Å². The quantitative estimate of drug-likeness (QED) is 0.440. The average Bonchev–Trinajstić information content (AvgIpc) is 2.28. The van der Waals surface area contributed by atoms with E-state index in [1.165, 1.54) is 0 Å². The smallest absolute Gasteiger partial charge is 0.307 e. The van der Waals surface area contributed by atoms with Crippen molar-refractivity contribution in [1.29, 1.82) is 0 Å². The van der Waals surface area contributed by atoms with Crippen LogP contribution in [0.1, 0.15) is 46.0 Å². The summed E-state index contributed by atoms with van der Waals surface area (Å²) in [6, 6.07) is 0.424. The summed E-state index contributed by atoms with van der Waals surface area (Å²) in [7, 11) is 0. The van der Waals surface area contributed by atoms with E-state index in [1.807, 2.05) is 0 Å². The number of hydrogen-bond donors (Lipinski definition) is 2. The molecule has 3 N–H and O–H groups in total. The highest BCUT2D eigenvalue weighted by atomic mass is 16.5. The minimum absolute atomic E-state index is 0.108. The zero-order chi connectivity index (χ0) is 12.2. The zero-order valence-electron chi connectivity index (χ0n) is 10.6. The van der Waals surface area contributed by atoms with Crippen LogP contribution in [0.2, 0.25) is 0 Å². The van der Waals surface area contributed by atoms with Gasteiger partial charge < -0.3 is 15.8 Å². The van der Waals surface area contributed by atoms with Crippen molar-refractivity contribution in [2.24, 2.45) is 5.73 Å². The number of carbonyl (C=O) groups is 1. The third kappa shape index (κ3) is 8.68. The molecule has 4 heteroatoms. The zero-order valence-corrected chi connectivity index (χ0v) is 10.6. The van der Waals surface area contributed by atoms with Crippen molar-refractivity contribution in [1.82, 2.24) is 5.32 Å². The van der Waals surface area contributed by atoms with Gasteiger partial charge in [0.25, 0.3) is 0 Å². The molecule has 0 spiro atoms. The summed E-state index contributed by atoms with van der Waals surface area (Å²) in [4.78, 5) is 11.3. The van der Waals surface area contributed by atoms with Crippen LogP contribution < -0.4 is 11.1 Å². The summed E-state index contributed by atoms with van der Waals surface area (Å²) in [5, 5.41) is 3.31. The molecule has 0 aliphatic heterocycles. The third-order valence-electron chi connectivity index (χ3n) is 2.53. The van der Waals surface area contributed by atoms with Crippen LogP contribution in [-0.2, 0) is 9.53 Å². The Morgan fingerprint density at radius 1 is 1.44 bits per heavy atom. The normalized spacial score (nSPS) is 12.4. The number of ether oxygens (including phenoxy) is 1. The van der Waals surface area contributed by atoms with Gasteiger partial charge in [-0.2, -0.15) is 0 Å². The van der Waals surface area contributed by atoms with Gasteiger partial charge in [-0.3, -0.25) is 4.79 Å². The molecule has 0 fully saturated rings. The molecule has 0 amide bonds. The molecule has 0 aromatic carbocycles. The molecule has 0 aromatic rings. The van der Waals surface area contributed by atoms with Crippen molar-refractivity contribution in [3.63, 3.8) is 0 Å². The van der Waals surface area contributed by atoms with Gasteiger partial charge in [0.2, 0.25) is 0 Å². The Bertz CT molecular complexity index is 174. The Balaban J connectivity index is 3.44. The van der Waals surface area contributed by atoms with Crippen molar-refractivity contribution in [2.45, 2.75) is 52.0 Å². The maximum absolute atomic E-state index is 11.3. The first-order chi connectivity index (χ1) is 7.74. The first-order valence-electron chi connectivity index (χ1n) is 6.33. The van der Waals surface area contributed by atoms with Gasteiger partial charge in [0, 0.05) is 12.6 Å². The van der Waals surface area contributed by atoms with Crippen LogP contribution in [0.4, 0.5) is 0 Å². The summed E-state index contributed by atoms with van der Waals surface area (Å²) >= 11 is 0. The van der Waals surface area contributed by atoms with Crippen LogP contribution in [0, 0.1) is 0 Å². The number of unbranched alkanes of at least 4 members (excludes halogenated alkanes) is 1. The Labute approximate surface area is 98.9 Å². The SMILES string of the molecule is CCCCOC(=O)CCNC(CC)CCN. The molecular formula is C12H26N2O2. The Hall–Kier alpha value is -0.610. The topological polar surface area (TPSA) is 64.3 Å². The van der Waals surface area contributed by atoms with Gasteiger partial charge in [0.05, 0.1) is 13.0 Å². The number of nitrogens with one attached hydrogen (secondary N) is 1. The van der Waals surface area contributed by atoms with E-state index >= 15 is 0 Å². The Kier molecular flexibility index (Phi) is 10.5. The highest BCUT2D eigenvalue weighted by molar-refractivity contribution is 5.69. The number of carbonyl (C=O) groups excluding carboxylic acids is 1. The standard InChI is InChI=1S/C12H26N2O2/c1-3-5-10-16-12(15)7-9-14-11(4-2)6-8-13/h11,14H,3-10,13H2,1-2H3. The van der Waals surface area contributed by atoms with E-state index in [-0.39, 0.29) is 5.97 Å². The predicted molar refractivity (Wildman–Crippen MR) is 66.2 cm³/mol. The van der Waals surface area contributed by atoms with Crippen molar-refractivity contribution in [3.8, 4) is 0 Å². The van der Waals surface area contributed by atoms with Crippen molar-refractivity contribution in [3.05, 3.63) is 0 Å². The molecule has 0 aliphatic carbocycles. The summed E-state index contributed by atoms with van der Waals surface area (Å²) in [6.45, 7) is 6.12. The molecule has 0 aromatic heterocycles. The first kappa shape index (κ1) is 15.4. The van der Waals surface area contributed by atoms with E-state index in [4.69, 9.17) is 10.5 Å². The van der Waals surface area contributed by atoms with Gasteiger partial charge in [0.1, 0.15) is 0 Å². The summed E-state index contributed by atoms with van der Waals surface area (Å²) < 4.78 is 5.05. The van der Waals surface area contributed by atoms with Gasteiger partial charge >= 0.3 is 5.97 Å². The number of rotatable bonds is 10. The van der Waals surface area contributed by atoms with Crippen LogP contribution in [0.5, 0.6) is 0 Å². The van der Waals surface area contributed by atoms with Crippen LogP contribution >= 0.6 is 0 Å². The minimum atomic E-state index is -0.108. The average molecular weight is 230 g/mol. The fourth-order valence-electron chi connectivity index (χ4n) is 1.43. The molecule has 0 saturated heterocycles. The summed E-state index contributed by atoms with van der Waals surface area (Å²) in [5.74, 6) is -0.108. The lowest BCUT2D eigenvalue weighted by Crippen LogP contribution is -2.32. The largest absolute Gasteiger partial charge is 0.466 e. The van der Waals surface area contributed by atoms with E-state index in [2.05, 4.69) is 19.2 Å². The van der Waals surface area contributed by atoms with Crippen LogP contribution in [0.3, 0.4) is 0 Å². The molecule has 0 heterocycles. The summed E-state index contributed by atoms with van der Waals surface area (Å²) in [5.41, 5.74) is 5.49. The molecule has 0 radical (unpaired) electrons. The second-order valence-electron chi connectivity index (χ2n) is 3.96. The number of hydrogen-bond acceptors (Lipinski definition) is 4. The molecule has 96 valence electrons. The monoisotopic (exact) mass is 230 g/mol. The fraction of sp³-hybridized carbons (Fsp3) is 0.917. The van der Waals surface area contributed by atoms with Gasteiger partial charge in [0.15, 0.2) is 0 Å². The Morgan fingerprint density at radius 3 is 2.75 bits per heavy atom. The van der Waals surface area contributed by atoms with Crippen LogP contribution in [-0.4, -0.2) is 31.7 Å². The maximum atomic E-state index is 11.3. The minimum Gasteiger partial charge on any atom is -0.466 e. The Morgan fingerprint density at radius 2 is 2.19 bits per heavy atom. The van der Waals surface area contributed by atoms with E-state index in [9.17, 15) is 4.79 Å². The van der Waals surface area contributed by atoms with E-state index in [0.717, 1.165) is 25.7 Å². The summed E-state index contributed by atoms with van der Waals surface area (Å²) in [6.07, 6.45) is 4.46. The second-order valence-corrected chi connectivity index (χ2v) is 3.96. The van der Waals surface area contributed by atoms with Gasteiger partial charge in [-0.25, -0.2) is 0 Å². The lowest BCUT2D eigenvalue weighted by atomic mass is 10.1. The van der Waals surface area contributed by atoms with Gasteiger partial charge in [-0.1, -0.05) is 20.3 Å². The number of nitrogens with two attached hydrogens (primary N) is 1. The lowest BCUT2D eigenvalue weighted by molar-refractivity contribution is -0.143. The van der Waals surface area contributed by atoms with Gasteiger partial charge in [-0.15, -0.1) is 0 Å². The lowest BCUT2D eigenvalue weighted by Gasteiger charge is -2.15. The molecule has 4 nitrogen and oxygen atoms in total. The highest BCUT2D eigenvalue weighted by Crippen LogP contribution is 1.96. The predicted octanol–water partition coefficient (Wildman–Crippen LogP) is 1.44. The first-order valence-corrected chi connectivity index (χ1v) is 6.33. The highest BCUT2D eigenvalue weighted by Gasteiger charge is 2.06. The van der Waals surface area contributed by atoms with Crippen LogP contribution in [0.25, 0.3) is 0 Å². The van der Waals surface area contributed by atoms with E-state index in [1.54, 1.807) is 0 Å². The second kappa shape index (κ2) is 10.9. The number of esters is 1. The molecule has 0 bridgehead atoms. The molecule has 0 rings (SSSR count). The molecule has 1 atom stereocenters. The molecule has 16 heavy (non-hydrogen) atoms. The molecular weight excluding hydrogens is 204 g/mol. The van der Waals surface area contributed by atoms with Gasteiger partial charge in [-0.05, 0) is 25.8 Å².